The van der Waals surface area contributed by atoms with Crippen molar-refractivity contribution in [2.45, 2.75) is 39.5 Å². The summed E-state index contributed by atoms with van der Waals surface area (Å²) in [7, 11) is 2.97. The Hall–Kier alpha value is -1.59. The summed E-state index contributed by atoms with van der Waals surface area (Å²) in [5.74, 6) is -1.32. The van der Waals surface area contributed by atoms with Crippen molar-refractivity contribution in [1.29, 1.82) is 0 Å². The van der Waals surface area contributed by atoms with Gasteiger partial charge in [0.2, 0.25) is 5.91 Å². The number of hydrogen-bond acceptors (Lipinski definition) is 4. The minimum absolute atomic E-state index is 0.0469. The molecule has 0 aliphatic carbocycles. The topological polar surface area (TPSA) is 83.9 Å². The third-order valence-corrected chi connectivity index (χ3v) is 2.79. The summed E-state index contributed by atoms with van der Waals surface area (Å²) in [6.45, 7) is 3.96. The number of rotatable bonds is 8. The van der Waals surface area contributed by atoms with Gasteiger partial charge >= 0.3 is 11.9 Å². The number of aliphatic carboxylic acids is 1. The second-order valence-corrected chi connectivity index (χ2v) is 5.41. The number of hydrogen-bond donors (Lipinski definition) is 1. The highest BCUT2D eigenvalue weighted by Gasteiger charge is 2.26. The van der Waals surface area contributed by atoms with Gasteiger partial charge in [-0.05, 0) is 11.8 Å². The molecule has 0 aromatic heterocycles. The van der Waals surface area contributed by atoms with Gasteiger partial charge < -0.3 is 14.7 Å². The van der Waals surface area contributed by atoms with E-state index in [1.54, 1.807) is 20.9 Å². The number of carboxylic acid groups (broad SMARTS) is 1. The summed E-state index contributed by atoms with van der Waals surface area (Å²) in [5.41, 5.74) is -0.570. The molecule has 1 amide bonds. The Bertz CT molecular complexity index is 338. The lowest BCUT2D eigenvalue weighted by atomic mass is 9.85. The van der Waals surface area contributed by atoms with Crippen molar-refractivity contribution in [3.63, 3.8) is 0 Å². The first-order valence-corrected chi connectivity index (χ1v) is 6.20. The quantitative estimate of drug-likeness (QED) is 0.674. The Morgan fingerprint density at radius 3 is 2.26 bits per heavy atom. The van der Waals surface area contributed by atoms with E-state index in [9.17, 15) is 14.4 Å². The first-order valence-electron chi connectivity index (χ1n) is 6.20. The van der Waals surface area contributed by atoms with Gasteiger partial charge in [-0.25, -0.2) is 0 Å². The molecule has 0 radical (unpaired) electrons. The lowest BCUT2D eigenvalue weighted by molar-refractivity contribution is -0.142. The fourth-order valence-electron chi connectivity index (χ4n) is 1.70. The predicted octanol–water partition coefficient (Wildman–Crippen LogP) is 1.29. The Morgan fingerprint density at radius 2 is 1.79 bits per heavy atom. The maximum Gasteiger partial charge on any atom is 0.305 e. The molecule has 0 aromatic carbocycles. The molecule has 0 rings (SSSR count). The van der Waals surface area contributed by atoms with Gasteiger partial charge in [0.05, 0.1) is 13.5 Å². The van der Waals surface area contributed by atoms with Gasteiger partial charge in [0.1, 0.15) is 0 Å². The monoisotopic (exact) mass is 273 g/mol. The third kappa shape index (κ3) is 8.18. The molecule has 6 nitrogen and oxygen atoms in total. The van der Waals surface area contributed by atoms with Crippen molar-refractivity contribution >= 4 is 17.8 Å². The largest absolute Gasteiger partial charge is 0.481 e. The van der Waals surface area contributed by atoms with Crippen LogP contribution in [0.2, 0.25) is 0 Å². The molecule has 0 fully saturated rings. The molecule has 0 aliphatic heterocycles. The summed E-state index contributed by atoms with van der Waals surface area (Å²) in [5, 5.41) is 8.75. The normalized spacial score (nSPS) is 10.9. The fraction of sp³-hybridized carbons (Fsp3) is 0.769. The van der Waals surface area contributed by atoms with Crippen LogP contribution in [0.3, 0.4) is 0 Å². The molecule has 1 N–H and O–H groups in total. The lowest BCUT2D eigenvalue weighted by Crippen LogP contribution is -2.32. The van der Waals surface area contributed by atoms with Crippen molar-refractivity contribution in [3.8, 4) is 0 Å². The molecule has 0 aliphatic rings. The zero-order valence-corrected chi connectivity index (χ0v) is 12.1. The molecule has 0 heterocycles. The van der Waals surface area contributed by atoms with Crippen LogP contribution < -0.4 is 0 Å². The van der Waals surface area contributed by atoms with Crippen LogP contribution in [0.15, 0.2) is 0 Å². The number of ether oxygens (including phenoxy) is 1. The second-order valence-electron chi connectivity index (χ2n) is 5.41. The summed E-state index contributed by atoms with van der Waals surface area (Å²) >= 11 is 0. The van der Waals surface area contributed by atoms with Crippen LogP contribution in [0.4, 0.5) is 0 Å². The summed E-state index contributed by atoms with van der Waals surface area (Å²) in [6.07, 6.45) is 0.934. The highest BCUT2D eigenvalue weighted by atomic mass is 16.5. The minimum atomic E-state index is -0.911. The van der Waals surface area contributed by atoms with Gasteiger partial charge in [-0.3, -0.25) is 14.4 Å². The fourth-order valence-corrected chi connectivity index (χ4v) is 1.70. The van der Waals surface area contributed by atoms with Gasteiger partial charge in [-0.15, -0.1) is 0 Å². The molecule has 0 saturated carbocycles. The zero-order valence-electron chi connectivity index (χ0n) is 12.1. The average molecular weight is 273 g/mol. The van der Waals surface area contributed by atoms with Crippen LogP contribution in [-0.4, -0.2) is 48.6 Å². The number of nitrogens with zero attached hydrogens (tertiary/aromatic N) is 1. The highest BCUT2D eigenvalue weighted by molar-refractivity contribution is 5.78. The van der Waals surface area contributed by atoms with Crippen LogP contribution in [0.25, 0.3) is 0 Å². The zero-order chi connectivity index (χ0) is 15.1. The van der Waals surface area contributed by atoms with Gasteiger partial charge in [-0.1, -0.05) is 13.8 Å². The van der Waals surface area contributed by atoms with Crippen LogP contribution >= 0.6 is 0 Å². The first kappa shape index (κ1) is 17.4. The Morgan fingerprint density at radius 1 is 1.21 bits per heavy atom. The van der Waals surface area contributed by atoms with Crippen LogP contribution in [0, 0.1) is 5.41 Å². The van der Waals surface area contributed by atoms with Crippen molar-refractivity contribution in [2.75, 3.05) is 20.7 Å². The second kappa shape index (κ2) is 7.76. The van der Waals surface area contributed by atoms with Crippen LogP contribution in [0.5, 0.6) is 0 Å². The van der Waals surface area contributed by atoms with Crippen LogP contribution in [-0.2, 0) is 19.1 Å². The van der Waals surface area contributed by atoms with Crippen molar-refractivity contribution in [2.24, 2.45) is 5.41 Å². The van der Waals surface area contributed by atoms with Gasteiger partial charge in [0.15, 0.2) is 0 Å². The Labute approximate surface area is 113 Å². The maximum atomic E-state index is 11.9. The third-order valence-electron chi connectivity index (χ3n) is 2.79. The SMILES string of the molecule is COC(=O)CCCN(C)C(=O)CC(C)(C)CC(=O)O. The van der Waals surface area contributed by atoms with Crippen molar-refractivity contribution in [1.82, 2.24) is 4.90 Å². The van der Waals surface area contributed by atoms with Gasteiger partial charge in [-0.2, -0.15) is 0 Å². The average Bonchev–Trinajstić information content (AvgIpc) is 2.25. The molecular weight excluding hydrogens is 250 g/mol. The molecular formula is C13H23NO5. The molecule has 0 aromatic rings. The molecule has 0 atom stereocenters. The number of carbonyl (C=O) groups is 3. The van der Waals surface area contributed by atoms with E-state index in [0.29, 0.717) is 13.0 Å². The van der Waals surface area contributed by atoms with Gasteiger partial charge in [0.25, 0.3) is 0 Å². The van der Waals surface area contributed by atoms with E-state index in [2.05, 4.69) is 4.74 Å². The smallest absolute Gasteiger partial charge is 0.305 e. The van der Waals surface area contributed by atoms with E-state index >= 15 is 0 Å². The molecule has 0 bridgehead atoms. The van der Waals surface area contributed by atoms with E-state index in [0.717, 1.165) is 0 Å². The number of amides is 1. The van der Waals surface area contributed by atoms with Crippen LogP contribution in [0.1, 0.15) is 39.5 Å². The van der Waals surface area contributed by atoms with Crippen molar-refractivity contribution in [3.05, 3.63) is 0 Å². The maximum absolute atomic E-state index is 11.9. The molecule has 0 saturated heterocycles. The molecule has 6 heteroatoms. The van der Waals surface area contributed by atoms with Crippen molar-refractivity contribution < 1.29 is 24.2 Å². The highest BCUT2D eigenvalue weighted by Crippen LogP contribution is 2.25. The molecule has 19 heavy (non-hydrogen) atoms. The van der Waals surface area contributed by atoms with E-state index < -0.39 is 11.4 Å². The number of carbonyl (C=O) groups excluding carboxylic acids is 2. The minimum Gasteiger partial charge on any atom is -0.481 e. The summed E-state index contributed by atoms with van der Waals surface area (Å²) < 4.78 is 4.51. The molecule has 0 unspecified atom stereocenters. The number of carboxylic acids is 1. The van der Waals surface area contributed by atoms with Gasteiger partial charge in [0, 0.05) is 26.4 Å². The Kier molecular flexibility index (Phi) is 7.11. The predicted molar refractivity (Wildman–Crippen MR) is 69.5 cm³/mol. The standard InChI is InChI=1S/C13H23NO5/c1-13(2,9-11(16)17)8-10(15)14(3)7-5-6-12(18)19-4/h5-9H2,1-4H3,(H,16,17). The van der Waals surface area contributed by atoms with E-state index in [4.69, 9.17) is 5.11 Å². The first-order chi connectivity index (χ1) is 8.68. The van der Waals surface area contributed by atoms with E-state index in [1.807, 2.05) is 0 Å². The Balaban J connectivity index is 4.12. The van der Waals surface area contributed by atoms with E-state index in [1.165, 1.54) is 12.0 Å². The summed E-state index contributed by atoms with van der Waals surface area (Å²) in [4.78, 5) is 35.0. The number of esters is 1. The summed E-state index contributed by atoms with van der Waals surface area (Å²) in [6, 6.07) is 0. The van der Waals surface area contributed by atoms with E-state index in [-0.39, 0.29) is 31.1 Å². The molecule has 0 spiro atoms. The lowest BCUT2D eigenvalue weighted by Gasteiger charge is -2.25. The molecule has 110 valence electrons. The number of methoxy groups -OCH3 is 1.